The molecule has 3 rings (SSSR count). The van der Waals surface area contributed by atoms with Gasteiger partial charge >= 0.3 is 5.97 Å². The summed E-state index contributed by atoms with van der Waals surface area (Å²) >= 11 is 0. The number of esters is 1. The maximum atomic E-state index is 12.9. The maximum absolute atomic E-state index is 12.9. The molecule has 0 unspecified atom stereocenters. The number of hydrogen-bond donors (Lipinski definition) is 0. The van der Waals surface area contributed by atoms with E-state index in [0.717, 1.165) is 11.1 Å². The number of benzene rings is 3. The van der Waals surface area contributed by atoms with Gasteiger partial charge in [-0.25, -0.2) is 4.79 Å². The molecule has 0 spiro atoms. The number of carbonyl (C=O) groups is 2. The molecule has 0 atom stereocenters. The molecular weight excluding hydrogens is 394 g/mol. The molecule has 0 N–H and O–H groups in total. The monoisotopic (exact) mass is 419 g/mol. The van der Waals surface area contributed by atoms with Crippen molar-refractivity contribution in [1.29, 1.82) is 0 Å². The van der Waals surface area contributed by atoms with Crippen LogP contribution in [-0.2, 0) is 22.6 Å². The zero-order valence-corrected chi connectivity index (χ0v) is 17.6. The van der Waals surface area contributed by atoms with E-state index in [0.29, 0.717) is 24.6 Å². The fourth-order valence-electron chi connectivity index (χ4n) is 3.07. The summed E-state index contributed by atoms with van der Waals surface area (Å²) in [7, 11) is 3.00. The highest BCUT2D eigenvalue weighted by Crippen LogP contribution is 2.23. The minimum Gasteiger partial charge on any atom is -0.497 e. The first-order chi connectivity index (χ1) is 15.1. The molecule has 0 aromatic heterocycles. The Kier molecular flexibility index (Phi) is 7.65. The van der Waals surface area contributed by atoms with Crippen LogP contribution >= 0.6 is 0 Å². The van der Waals surface area contributed by atoms with Crippen molar-refractivity contribution in [2.24, 2.45) is 0 Å². The fraction of sp³-hybridized carbons (Fsp3) is 0.200. The van der Waals surface area contributed by atoms with E-state index in [1.165, 1.54) is 14.2 Å². The topological polar surface area (TPSA) is 65.1 Å². The van der Waals surface area contributed by atoms with Gasteiger partial charge < -0.3 is 19.1 Å². The second-order valence-corrected chi connectivity index (χ2v) is 6.90. The molecule has 6 heteroatoms. The second kappa shape index (κ2) is 10.8. The van der Waals surface area contributed by atoms with E-state index in [1.807, 2.05) is 60.7 Å². The van der Waals surface area contributed by atoms with Crippen LogP contribution in [0.15, 0.2) is 78.9 Å². The largest absolute Gasteiger partial charge is 0.497 e. The Hall–Kier alpha value is -3.80. The summed E-state index contributed by atoms with van der Waals surface area (Å²) in [6.45, 7) is 0.468. The van der Waals surface area contributed by atoms with Gasteiger partial charge in [0.1, 0.15) is 11.5 Å². The van der Waals surface area contributed by atoms with Crippen molar-refractivity contribution in [1.82, 2.24) is 4.90 Å². The summed E-state index contributed by atoms with van der Waals surface area (Å²) in [5.41, 5.74) is 2.24. The van der Waals surface area contributed by atoms with Gasteiger partial charge in [-0.3, -0.25) is 4.79 Å². The molecular formula is C25H25NO5. The number of methoxy groups -OCH3 is 2. The van der Waals surface area contributed by atoms with Crippen molar-refractivity contribution < 1.29 is 23.8 Å². The van der Waals surface area contributed by atoms with Crippen LogP contribution in [0.1, 0.15) is 21.5 Å². The van der Waals surface area contributed by atoms with Crippen molar-refractivity contribution in [3.8, 4) is 11.5 Å². The third-order valence-corrected chi connectivity index (χ3v) is 4.70. The third kappa shape index (κ3) is 6.34. The highest BCUT2D eigenvalue weighted by atomic mass is 16.5. The average molecular weight is 419 g/mol. The summed E-state index contributed by atoms with van der Waals surface area (Å²) in [6.07, 6.45) is 0. The number of carbonyl (C=O) groups excluding carboxylic acids is 2. The van der Waals surface area contributed by atoms with E-state index < -0.39 is 5.97 Å². The van der Waals surface area contributed by atoms with Crippen molar-refractivity contribution in [3.63, 3.8) is 0 Å². The lowest BCUT2D eigenvalue weighted by Crippen LogP contribution is -2.33. The maximum Gasteiger partial charge on any atom is 0.338 e. The van der Waals surface area contributed by atoms with Gasteiger partial charge in [0.05, 0.1) is 19.8 Å². The number of ether oxygens (including phenoxy) is 3. The molecule has 0 fully saturated rings. The van der Waals surface area contributed by atoms with Crippen LogP contribution in [0.5, 0.6) is 11.5 Å². The molecule has 0 aliphatic carbocycles. The van der Waals surface area contributed by atoms with E-state index in [1.54, 1.807) is 23.1 Å². The fourth-order valence-corrected chi connectivity index (χ4v) is 3.07. The van der Waals surface area contributed by atoms with Crippen LogP contribution in [-0.4, -0.2) is 37.6 Å². The summed E-state index contributed by atoms with van der Waals surface area (Å²) < 4.78 is 15.7. The van der Waals surface area contributed by atoms with Crippen LogP contribution in [0.25, 0.3) is 0 Å². The Morgan fingerprint density at radius 2 is 1.23 bits per heavy atom. The normalized spacial score (nSPS) is 10.3. The lowest BCUT2D eigenvalue weighted by Gasteiger charge is -2.23. The predicted molar refractivity (Wildman–Crippen MR) is 117 cm³/mol. The van der Waals surface area contributed by atoms with Crippen LogP contribution in [0.3, 0.4) is 0 Å². The number of hydrogen-bond acceptors (Lipinski definition) is 5. The molecule has 1 amide bonds. The zero-order chi connectivity index (χ0) is 22.1. The first-order valence-electron chi connectivity index (χ1n) is 9.85. The third-order valence-electron chi connectivity index (χ3n) is 4.70. The molecule has 0 bridgehead atoms. The Morgan fingerprint density at radius 1 is 0.742 bits per heavy atom. The Balaban J connectivity index is 1.70. The quantitative estimate of drug-likeness (QED) is 0.489. The van der Waals surface area contributed by atoms with E-state index in [-0.39, 0.29) is 18.1 Å². The van der Waals surface area contributed by atoms with Crippen molar-refractivity contribution in [2.45, 2.75) is 13.1 Å². The van der Waals surface area contributed by atoms with E-state index in [4.69, 9.17) is 14.2 Å². The van der Waals surface area contributed by atoms with Crippen molar-refractivity contribution >= 4 is 11.9 Å². The molecule has 6 nitrogen and oxygen atoms in total. The smallest absolute Gasteiger partial charge is 0.338 e. The van der Waals surface area contributed by atoms with Crippen LogP contribution in [0, 0.1) is 0 Å². The highest BCUT2D eigenvalue weighted by molar-refractivity contribution is 5.92. The number of amides is 1. The predicted octanol–water partition coefficient (Wildman–Crippen LogP) is 4.09. The highest BCUT2D eigenvalue weighted by Gasteiger charge is 2.18. The van der Waals surface area contributed by atoms with Crippen LogP contribution < -0.4 is 9.47 Å². The molecule has 0 aliphatic rings. The molecule has 3 aromatic rings. The van der Waals surface area contributed by atoms with Gasteiger partial charge in [-0.2, -0.15) is 0 Å². The van der Waals surface area contributed by atoms with Crippen molar-refractivity contribution in [3.05, 3.63) is 95.6 Å². The Morgan fingerprint density at radius 3 is 1.68 bits per heavy atom. The summed E-state index contributed by atoms with van der Waals surface area (Å²) in [6, 6.07) is 24.1. The summed E-state index contributed by atoms with van der Waals surface area (Å²) in [4.78, 5) is 27.1. The minimum absolute atomic E-state index is 0.252. The summed E-state index contributed by atoms with van der Waals surface area (Å²) in [5.74, 6) is 0.0284. The van der Waals surface area contributed by atoms with E-state index in [2.05, 4.69) is 0 Å². The molecule has 0 aliphatic heterocycles. The lowest BCUT2D eigenvalue weighted by atomic mass is 10.1. The first kappa shape index (κ1) is 21.9. The van der Waals surface area contributed by atoms with Gasteiger partial charge in [0.25, 0.3) is 5.91 Å². The van der Waals surface area contributed by atoms with E-state index >= 15 is 0 Å². The van der Waals surface area contributed by atoms with Crippen LogP contribution in [0.2, 0.25) is 0 Å². The van der Waals surface area contributed by atoms with Crippen LogP contribution in [0.4, 0.5) is 0 Å². The zero-order valence-electron chi connectivity index (χ0n) is 17.6. The van der Waals surface area contributed by atoms with Gasteiger partial charge in [-0.15, -0.1) is 0 Å². The Labute approximate surface area is 182 Å². The first-order valence-corrected chi connectivity index (χ1v) is 9.85. The summed E-state index contributed by atoms with van der Waals surface area (Å²) in [5, 5.41) is 0. The molecule has 0 saturated carbocycles. The Bertz CT molecular complexity index is 941. The molecule has 0 radical (unpaired) electrons. The second-order valence-electron chi connectivity index (χ2n) is 6.90. The number of nitrogens with zero attached hydrogens (tertiary/aromatic N) is 1. The van der Waals surface area contributed by atoms with Crippen molar-refractivity contribution in [2.75, 3.05) is 20.8 Å². The number of rotatable bonds is 9. The molecule has 160 valence electrons. The minimum atomic E-state index is -0.620. The van der Waals surface area contributed by atoms with Gasteiger partial charge in [-0.05, 0) is 23.3 Å². The lowest BCUT2D eigenvalue weighted by molar-refractivity contribution is -0.135. The van der Waals surface area contributed by atoms with Gasteiger partial charge in [0.15, 0.2) is 6.61 Å². The molecule has 0 heterocycles. The molecule has 31 heavy (non-hydrogen) atoms. The standard InChI is InChI=1S/C25H25NO5/c1-29-22-13-21(14-23(15-22)30-2)25(28)31-18-24(27)26(16-19-9-5-3-6-10-19)17-20-11-7-4-8-12-20/h3-15H,16-18H2,1-2H3. The van der Waals surface area contributed by atoms with Gasteiger partial charge in [0, 0.05) is 19.2 Å². The molecule has 0 saturated heterocycles. The van der Waals surface area contributed by atoms with Gasteiger partial charge in [0.2, 0.25) is 0 Å². The molecule has 3 aromatic carbocycles. The SMILES string of the molecule is COc1cc(OC)cc(C(=O)OCC(=O)N(Cc2ccccc2)Cc2ccccc2)c1. The van der Waals surface area contributed by atoms with Gasteiger partial charge in [-0.1, -0.05) is 60.7 Å². The average Bonchev–Trinajstić information content (AvgIpc) is 2.82. The van der Waals surface area contributed by atoms with E-state index in [9.17, 15) is 9.59 Å².